The van der Waals surface area contributed by atoms with Crippen molar-refractivity contribution >= 4 is 0 Å². The van der Waals surface area contributed by atoms with Crippen LogP contribution in [0, 0.1) is 18.8 Å². The van der Waals surface area contributed by atoms with Crippen molar-refractivity contribution in [1.29, 1.82) is 0 Å². The minimum Gasteiger partial charge on any atom is -0.496 e. The average Bonchev–Trinajstić information content (AvgIpc) is 2.77. The highest BCUT2D eigenvalue weighted by Gasteiger charge is 2.31. The van der Waals surface area contributed by atoms with Gasteiger partial charge in [-0.05, 0) is 49.4 Å². The third-order valence-corrected chi connectivity index (χ3v) is 4.45. The van der Waals surface area contributed by atoms with Crippen molar-refractivity contribution < 1.29 is 4.74 Å². The Hall–Kier alpha value is -1.02. The first-order valence-corrected chi connectivity index (χ1v) is 6.99. The molecular formula is C16H25NO. The summed E-state index contributed by atoms with van der Waals surface area (Å²) in [6, 6.07) is 7.05. The number of rotatable bonds is 4. The lowest BCUT2D eigenvalue weighted by molar-refractivity contribution is 0.315. The molecule has 18 heavy (non-hydrogen) atoms. The van der Waals surface area contributed by atoms with E-state index in [1.54, 1.807) is 7.11 Å². The lowest BCUT2D eigenvalue weighted by Gasteiger charge is -2.27. The molecular weight excluding hydrogens is 222 g/mol. The summed E-state index contributed by atoms with van der Waals surface area (Å²) in [5.74, 6) is 2.57. The Morgan fingerprint density at radius 1 is 1.33 bits per heavy atom. The van der Waals surface area contributed by atoms with Gasteiger partial charge in [-0.25, -0.2) is 0 Å². The summed E-state index contributed by atoms with van der Waals surface area (Å²) in [4.78, 5) is 0. The van der Waals surface area contributed by atoms with Gasteiger partial charge in [0.1, 0.15) is 5.75 Å². The van der Waals surface area contributed by atoms with Crippen LogP contribution in [0.15, 0.2) is 18.2 Å². The fourth-order valence-electron chi connectivity index (χ4n) is 3.39. The van der Waals surface area contributed by atoms with E-state index in [1.807, 2.05) is 0 Å². The van der Waals surface area contributed by atoms with Gasteiger partial charge < -0.3 is 10.1 Å². The molecule has 0 spiro atoms. The van der Waals surface area contributed by atoms with Gasteiger partial charge in [-0.15, -0.1) is 0 Å². The zero-order chi connectivity index (χ0) is 13.1. The van der Waals surface area contributed by atoms with Crippen LogP contribution in [0.5, 0.6) is 5.75 Å². The Bertz CT molecular complexity index is 402. The predicted octanol–water partition coefficient (Wildman–Crippen LogP) is 3.70. The molecule has 1 aliphatic rings. The molecule has 0 bridgehead atoms. The normalized spacial score (nSPS) is 25.1. The molecule has 2 nitrogen and oxygen atoms in total. The fraction of sp³-hybridized carbons (Fsp3) is 0.625. The maximum Gasteiger partial charge on any atom is 0.121 e. The Labute approximate surface area is 111 Å². The van der Waals surface area contributed by atoms with Crippen molar-refractivity contribution in [2.24, 2.45) is 11.8 Å². The number of ether oxygens (including phenoxy) is 1. The number of nitrogens with one attached hydrogen (secondary N) is 1. The second-order valence-corrected chi connectivity index (χ2v) is 5.57. The highest BCUT2D eigenvalue weighted by Crippen LogP contribution is 2.40. The lowest BCUT2D eigenvalue weighted by Crippen LogP contribution is -2.26. The molecule has 0 aromatic heterocycles. The topological polar surface area (TPSA) is 21.3 Å². The van der Waals surface area contributed by atoms with E-state index in [9.17, 15) is 0 Å². The largest absolute Gasteiger partial charge is 0.496 e. The van der Waals surface area contributed by atoms with Crippen LogP contribution in [-0.2, 0) is 0 Å². The van der Waals surface area contributed by atoms with Crippen molar-refractivity contribution in [3.05, 3.63) is 29.3 Å². The van der Waals surface area contributed by atoms with E-state index in [1.165, 1.54) is 30.4 Å². The molecule has 1 N–H and O–H groups in total. The Balaban J connectivity index is 2.24. The molecule has 1 aliphatic carbocycles. The molecule has 0 amide bonds. The number of methoxy groups -OCH3 is 1. The van der Waals surface area contributed by atoms with E-state index in [2.05, 4.69) is 44.4 Å². The summed E-state index contributed by atoms with van der Waals surface area (Å²) in [7, 11) is 3.81. The molecule has 1 aromatic carbocycles. The summed E-state index contributed by atoms with van der Waals surface area (Å²) in [6.45, 7) is 4.51. The highest BCUT2D eigenvalue weighted by atomic mass is 16.5. The SMILES string of the molecule is CNC(c1ccc(OC)c(C)c1)C1CCCC1C. The second-order valence-electron chi connectivity index (χ2n) is 5.57. The number of hydrogen-bond acceptors (Lipinski definition) is 2. The van der Waals surface area contributed by atoms with E-state index >= 15 is 0 Å². The molecule has 0 heterocycles. The molecule has 2 rings (SSSR count). The molecule has 1 saturated carbocycles. The zero-order valence-electron chi connectivity index (χ0n) is 12.0. The standard InChI is InChI=1S/C16H25NO/c1-11-6-5-7-14(11)16(17-3)13-8-9-15(18-4)12(2)10-13/h8-11,14,16-17H,5-7H2,1-4H3. The molecule has 1 fully saturated rings. The average molecular weight is 247 g/mol. The van der Waals surface area contributed by atoms with Crippen molar-refractivity contribution in [3.63, 3.8) is 0 Å². The summed E-state index contributed by atoms with van der Waals surface area (Å²) < 4.78 is 5.34. The fourth-order valence-corrected chi connectivity index (χ4v) is 3.39. The number of hydrogen-bond donors (Lipinski definition) is 1. The molecule has 3 atom stereocenters. The molecule has 100 valence electrons. The molecule has 3 unspecified atom stereocenters. The van der Waals surface area contributed by atoms with Crippen LogP contribution in [0.2, 0.25) is 0 Å². The van der Waals surface area contributed by atoms with Crippen LogP contribution in [-0.4, -0.2) is 14.2 Å². The number of aryl methyl sites for hydroxylation is 1. The van der Waals surface area contributed by atoms with Crippen LogP contribution >= 0.6 is 0 Å². The van der Waals surface area contributed by atoms with E-state index in [4.69, 9.17) is 4.74 Å². The van der Waals surface area contributed by atoms with Crippen molar-refractivity contribution in [2.45, 2.75) is 39.2 Å². The summed E-state index contributed by atoms with van der Waals surface area (Å²) in [5, 5.41) is 3.51. The minimum absolute atomic E-state index is 0.479. The van der Waals surface area contributed by atoms with Crippen LogP contribution < -0.4 is 10.1 Å². The lowest BCUT2D eigenvalue weighted by atomic mass is 9.85. The summed E-state index contributed by atoms with van der Waals surface area (Å²) in [5.41, 5.74) is 2.62. The van der Waals surface area contributed by atoms with E-state index in [0.29, 0.717) is 6.04 Å². The second kappa shape index (κ2) is 5.75. The predicted molar refractivity (Wildman–Crippen MR) is 76.0 cm³/mol. The van der Waals surface area contributed by atoms with Gasteiger partial charge in [0.15, 0.2) is 0 Å². The third kappa shape index (κ3) is 2.54. The summed E-state index contributed by atoms with van der Waals surface area (Å²) >= 11 is 0. The maximum absolute atomic E-state index is 5.34. The Morgan fingerprint density at radius 3 is 2.61 bits per heavy atom. The van der Waals surface area contributed by atoms with Gasteiger partial charge in [-0.2, -0.15) is 0 Å². The Kier molecular flexibility index (Phi) is 4.28. The first-order valence-electron chi connectivity index (χ1n) is 6.99. The first-order chi connectivity index (χ1) is 8.67. The van der Waals surface area contributed by atoms with Gasteiger partial charge in [0.05, 0.1) is 7.11 Å². The van der Waals surface area contributed by atoms with Crippen molar-refractivity contribution in [1.82, 2.24) is 5.32 Å². The van der Waals surface area contributed by atoms with Crippen LogP contribution in [0.3, 0.4) is 0 Å². The van der Waals surface area contributed by atoms with Gasteiger partial charge in [-0.3, -0.25) is 0 Å². The summed E-state index contributed by atoms with van der Waals surface area (Å²) in [6.07, 6.45) is 4.09. The van der Waals surface area contributed by atoms with Gasteiger partial charge in [-0.1, -0.05) is 31.9 Å². The van der Waals surface area contributed by atoms with Crippen molar-refractivity contribution in [3.8, 4) is 5.75 Å². The van der Waals surface area contributed by atoms with Gasteiger partial charge >= 0.3 is 0 Å². The quantitative estimate of drug-likeness (QED) is 0.876. The van der Waals surface area contributed by atoms with Crippen molar-refractivity contribution in [2.75, 3.05) is 14.2 Å². The molecule has 0 saturated heterocycles. The highest BCUT2D eigenvalue weighted by molar-refractivity contribution is 5.37. The van der Waals surface area contributed by atoms with Gasteiger partial charge in [0, 0.05) is 6.04 Å². The van der Waals surface area contributed by atoms with E-state index in [0.717, 1.165) is 17.6 Å². The van der Waals surface area contributed by atoms with Crippen LogP contribution in [0.1, 0.15) is 43.4 Å². The van der Waals surface area contributed by atoms with Crippen LogP contribution in [0.4, 0.5) is 0 Å². The Morgan fingerprint density at radius 2 is 2.11 bits per heavy atom. The van der Waals surface area contributed by atoms with Crippen LogP contribution in [0.25, 0.3) is 0 Å². The van der Waals surface area contributed by atoms with Gasteiger partial charge in [0.25, 0.3) is 0 Å². The minimum atomic E-state index is 0.479. The zero-order valence-corrected chi connectivity index (χ0v) is 12.0. The third-order valence-electron chi connectivity index (χ3n) is 4.45. The van der Waals surface area contributed by atoms with E-state index in [-0.39, 0.29) is 0 Å². The molecule has 0 radical (unpaired) electrons. The smallest absolute Gasteiger partial charge is 0.121 e. The number of benzene rings is 1. The first kappa shape index (κ1) is 13.4. The van der Waals surface area contributed by atoms with E-state index < -0.39 is 0 Å². The molecule has 1 aromatic rings. The maximum atomic E-state index is 5.34. The van der Waals surface area contributed by atoms with Gasteiger partial charge in [0.2, 0.25) is 0 Å². The molecule has 2 heteroatoms. The molecule has 0 aliphatic heterocycles. The monoisotopic (exact) mass is 247 g/mol.